The first-order chi connectivity index (χ1) is 13.3. The lowest BCUT2D eigenvalue weighted by Crippen LogP contribution is -2.52. The summed E-state index contributed by atoms with van der Waals surface area (Å²) >= 11 is 1.65. The van der Waals surface area contributed by atoms with Crippen molar-refractivity contribution in [1.29, 1.82) is 0 Å². The fraction of sp³-hybridized carbons (Fsp3) is 0.471. The highest BCUT2D eigenvalue weighted by molar-refractivity contribution is 7.99. The summed E-state index contributed by atoms with van der Waals surface area (Å²) in [7, 11) is 0. The van der Waals surface area contributed by atoms with E-state index in [1.165, 1.54) is 0 Å². The van der Waals surface area contributed by atoms with Crippen LogP contribution < -0.4 is 5.32 Å². The highest BCUT2D eigenvalue weighted by atomic mass is 32.2. The van der Waals surface area contributed by atoms with Crippen LogP contribution in [0.4, 0.5) is 0 Å². The number of H-pyrrole nitrogens is 1. The number of carbonyl (C=O) groups is 2. The van der Waals surface area contributed by atoms with Crippen LogP contribution in [0.2, 0.25) is 0 Å². The van der Waals surface area contributed by atoms with Crippen molar-refractivity contribution in [2.24, 2.45) is 0 Å². The van der Waals surface area contributed by atoms with Crippen LogP contribution in [0, 0.1) is 0 Å². The molecule has 10 nitrogen and oxygen atoms in total. The van der Waals surface area contributed by atoms with Gasteiger partial charge in [-0.2, -0.15) is 0 Å². The SMILES string of the molecule is CCCSc1ccc2nc(C(=O)NC(O)C(=O)[C@@H](O)[C@H](O)[C@H](O)CO)[nH]c2c1. The third-order valence-corrected chi connectivity index (χ3v) is 5.07. The number of nitrogens with zero attached hydrogens (tertiary/aromatic N) is 1. The molecular weight excluding hydrogens is 390 g/mol. The van der Waals surface area contributed by atoms with Gasteiger partial charge in [-0.05, 0) is 30.4 Å². The normalized spacial score (nSPS) is 15.8. The summed E-state index contributed by atoms with van der Waals surface area (Å²) in [6.45, 7) is 1.17. The molecule has 2 aromatic rings. The summed E-state index contributed by atoms with van der Waals surface area (Å²) < 4.78 is 0. The molecule has 1 aromatic carbocycles. The van der Waals surface area contributed by atoms with Crippen LogP contribution in [0.3, 0.4) is 0 Å². The molecule has 4 atom stereocenters. The van der Waals surface area contributed by atoms with Crippen LogP contribution >= 0.6 is 11.8 Å². The van der Waals surface area contributed by atoms with E-state index < -0.39 is 42.8 Å². The number of amides is 1. The first-order valence-electron chi connectivity index (χ1n) is 8.58. The minimum atomic E-state index is -2.20. The number of Topliss-reactive ketones (excluding diaryl/α,β-unsaturated/α-hetero) is 1. The van der Waals surface area contributed by atoms with Gasteiger partial charge in [0.1, 0.15) is 18.3 Å². The summed E-state index contributed by atoms with van der Waals surface area (Å²) in [6.07, 6.45) is -7.13. The molecule has 1 aromatic heterocycles. The third kappa shape index (κ3) is 5.28. The van der Waals surface area contributed by atoms with Crippen molar-refractivity contribution < 1.29 is 35.1 Å². The van der Waals surface area contributed by atoms with Gasteiger partial charge in [0, 0.05) is 4.90 Å². The smallest absolute Gasteiger partial charge is 0.289 e. The fourth-order valence-corrected chi connectivity index (χ4v) is 3.12. The van der Waals surface area contributed by atoms with Gasteiger partial charge in [0.25, 0.3) is 5.91 Å². The number of rotatable bonds is 10. The van der Waals surface area contributed by atoms with E-state index in [0.717, 1.165) is 17.1 Å². The maximum absolute atomic E-state index is 12.2. The summed E-state index contributed by atoms with van der Waals surface area (Å²) in [4.78, 5) is 32.0. The average Bonchev–Trinajstić information content (AvgIpc) is 3.13. The van der Waals surface area contributed by atoms with E-state index in [4.69, 9.17) is 5.11 Å². The van der Waals surface area contributed by atoms with Crippen molar-refractivity contribution in [3.63, 3.8) is 0 Å². The number of imidazole rings is 1. The predicted molar refractivity (Wildman–Crippen MR) is 101 cm³/mol. The number of aliphatic hydroxyl groups excluding tert-OH is 5. The molecule has 0 aliphatic heterocycles. The van der Waals surface area contributed by atoms with Crippen LogP contribution in [-0.2, 0) is 4.79 Å². The van der Waals surface area contributed by atoms with Crippen molar-refractivity contribution in [1.82, 2.24) is 15.3 Å². The summed E-state index contributed by atoms with van der Waals surface area (Å²) in [6, 6.07) is 5.43. The van der Waals surface area contributed by atoms with E-state index in [9.17, 15) is 30.0 Å². The standard InChI is InChI=1S/C17H23N3O7S/c1-2-5-28-8-3-4-9-10(6-8)19-15(18-9)17(27)20-16(26)14(25)13(24)12(23)11(22)7-21/h3-4,6,11-13,16,21-24,26H,2,5,7H2,1H3,(H,18,19)(H,20,27)/t11-,12-,13+,16?/m1/s1. The lowest BCUT2D eigenvalue weighted by molar-refractivity contribution is -0.149. The minimum absolute atomic E-state index is 0.148. The van der Waals surface area contributed by atoms with Gasteiger partial charge in [-0.15, -0.1) is 11.8 Å². The maximum atomic E-state index is 12.2. The second kappa shape index (κ2) is 9.96. The molecule has 0 aliphatic carbocycles. The highest BCUT2D eigenvalue weighted by Crippen LogP contribution is 2.23. The molecule has 0 radical (unpaired) electrons. The molecule has 2 rings (SSSR count). The number of nitrogens with one attached hydrogen (secondary N) is 2. The van der Waals surface area contributed by atoms with Gasteiger partial charge in [0.2, 0.25) is 5.78 Å². The van der Waals surface area contributed by atoms with Gasteiger partial charge >= 0.3 is 0 Å². The number of hydrogen-bond acceptors (Lipinski definition) is 9. The number of ketones is 1. The summed E-state index contributed by atoms with van der Waals surface area (Å²) in [5, 5.41) is 48.9. The molecule has 0 saturated heterocycles. The maximum Gasteiger partial charge on any atom is 0.289 e. The number of thioether (sulfide) groups is 1. The Labute approximate surface area is 164 Å². The van der Waals surface area contributed by atoms with Gasteiger partial charge in [0.05, 0.1) is 17.6 Å². The molecule has 0 bridgehead atoms. The molecule has 154 valence electrons. The van der Waals surface area contributed by atoms with Gasteiger partial charge < -0.3 is 35.8 Å². The molecule has 1 unspecified atom stereocenters. The molecular formula is C17H23N3O7S. The zero-order valence-corrected chi connectivity index (χ0v) is 15.9. The number of aliphatic hydroxyl groups is 5. The largest absolute Gasteiger partial charge is 0.394 e. The number of benzene rings is 1. The molecule has 1 amide bonds. The van der Waals surface area contributed by atoms with Gasteiger partial charge in [-0.1, -0.05) is 6.92 Å². The fourth-order valence-electron chi connectivity index (χ4n) is 2.32. The quantitative estimate of drug-likeness (QED) is 0.185. The summed E-state index contributed by atoms with van der Waals surface area (Å²) in [5.41, 5.74) is 1.13. The lowest BCUT2D eigenvalue weighted by atomic mass is 10.0. The van der Waals surface area contributed by atoms with Crippen molar-refractivity contribution in [3.05, 3.63) is 24.0 Å². The van der Waals surface area contributed by atoms with E-state index in [1.807, 2.05) is 17.4 Å². The van der Waals surface area contributed by atoms with Gasteiger partial charge in [-0.3, -0.25) is 9.59 Å². The van der Waals surface area contributed by atoms with E-state index in [0.29, 0.717) is 11.0 Å². The van der Waals surface area contributed by atoms with Crippen LogP contribution in [0.25, 0.3) is 11.0 Å². The van der Waals surface area contributed by atoms with Crippen molar-refractivity contribution in [2.75, 3.05) is 12.4 Å². The molecule has 11 heteroatoms. The molecule has 1 heterocycles. The second-order valence-corrected chi connectivity index (χ2v) is 7.24. The van der Waals surface area contributed by atoms with Crippen LogP contribution in [0.1, 0.15) is 24.0 Å². The Kier molecular flexibility index (Phi) is 7.92. The van der Waals surface area contributed by atoms with E-state index in [1.54, 1.807) is 17.8 Å². The topological polar surface area (TPSA) is 176 Å². The summed E-state index contributed by atoms with van der Waals surface area (Å²) in [5.74, 6) is -1.45. The molecule has 0 fully saturated rings. The zero-order chi connectivity index (χ0) is 20.8. The Balaban J connectivity index is 2.06. The second-order valence-electron chi connectivity index (χ2n) is 6.08. The molecule has 0 saturated carbocycles. The zero-order valence-electron chi connectivity index (χ0n) is 15.1. The Bertz CT molecular complexity index is 828. The monoisotopic (exact) mass is 413 g/mol. The van der Waals surface area contributed by atoms with E-state index in [-0.39, 0.29) is 5.82 Å². The number of fused-ring (bicyclic) bond motifs is 1. The number of hydrogen-bond donors (Lipinski definition) is 7. The highest BCUT2D eigenvalue weighted by Gasteiger charge is 2.34. The van der Waals surface area contributed by atoms with Crippen LogP contribution in [0.5, 0.6) is 0 Å². The van der Waals surface area contributed by atoms with Gasteiger partial charge in [-0.25, -0.2) is 4.98 Å². The molecule has 28 heavy (non-hydrogen) atoms. The third-order valence-electron chi connectivity index (χ3n) is 3.87. The van der Waals surface area contributed by atoms with Crippen molar-refractivity contribution >= 4 is 34.5 Å². The number of carbonyl (C=O) groups excluding carboxylic acids is 2. The Morgan fingerprint density at radius 3 is 2.61 bits per heavy atom. The van der Waals surface area contributed by atoms with Crippen LogP contribution in [-0.4, -0.2) is 84.1 Å². The van der Waals surface area contributed by atoms with Crippen LogP contribution in [0.15, 0.2) is 23.1 Å². The van der Waals surface area contributed by atoms with Crippen molar-refractivity contribution in [3.8, 4) is 0 Å². The molecule has 7 N–H and O–H groups in total. The van der Waals surface area contributed by atoms with E-state index >= 15 is 0 Å². The van der Waals surface area contributed by atoms with Crippen molar-refractivity contribution in [2.45, 2.75) is 42.8 Å². The Morgan fingerprint density at radius 2 is 1.96 bits per heavy atom. The minimum Gasteiger partial charge on any atom is -0.394 e. The first kappa shape index (κ1) is 22.3. The average molecular weight is 413 g/mol. The Hall–Kier alpha value is -2.02. The van der Waals surface area contributed by atoms with E-state index in [2.05, 4.69) is 16.9 Å². The molecule has 0 aliphatic rings. The molecule has 0 spiro atoms. The number of aromatic amines is 1. The van der Waals surface area contributed by atoms with Gasteiger partial charge in [0.15, 0.2) is 12.1 Å². The lowest BCUT2D eigenvalue weighted by Gasteiger charge is -2.22. The predicted octanol–water partition coefficient (Wildman–Crippen LogP) is -1.24. The first-order valence-corrected chi connectivity index (χ1v) is 9.57. The Morgan fingerprint density at radius 1 is 1.25 bits per heavy atom. The number of aromatic nitrogens is 2.